The molecule has 0 fully saturated rings. The summed E-state index contributed by atoms with van der Waals surface area (Å²) in [5.74, 6) is 0.382. The molecule has 0 radical (unpaired) electrons. The summed E-state index contributed by atoms with van der Waals surface area (Å²) in [6.07, 6.45) is 0. The molecule has 1 N–H and O–H groups in total. The van der Waals surface area contributed by atoms with E-state index in [-0.39, 0.29) is 34.6 Å². The number of rotatable bonds is 7. The number of aromatic nitrogens is 2. The summed E-state index contributed by atoms with van der Waals surface area (Å²) in [7, 11) is -1.15. The summed E-state index contributed by atoms with van der Waals surface area (Å²) in [4.78, 5) is 10.4. The minimum Gasteiger partial charge on any atom is -0.419 e. The van der Waals surface area contributed by atoms with Crippen molar-refractivity contribution in [1.82, 2.24) is 14.5 Å². The molecule has 0 amide bonds. The first-order chi connectivity index (χ1) is 13.7. The van der Waals surface area contributed by atoms with Crippen molar-refractivity contribution in [3.63, 3.8) is 0 Å². The van der Waals surface area contributed by atoms with Gasteiger partial charge in [-0.2, -0.15) is 4.31 Å². The molecule has 0 aliphatic rings. The molecular formula is C18H19N5O5S. The molecule has 0 atom stereocenters. The Labute approximate surface area is 167 Å². The molecule has 0 aliphatic heterocycles. The van der Waals surface area contributed by atoms with Gasteiger partial charge in [0.1, 0.15) is 5.69 Å². The zero-order valence-corrected chi connectivity index (χ0v) is 16.8. The van der Waals surface area contributed by atoms with Gasteiger partial charge in [0.25, 0.3) is 5.69 Å². The first-order valence-corrected chi connectivity index (χ1v) is 9.98. The Hall–Kier alpha value is -3.31. The Balaban J connectivity index is 1.83. The van der Waals surface area contributed by atoms with Crippen LogP contribution in [-0.4, -0.2) is 41.9 Å². The highest BCUT2D eigenvalue weighted by Crippen LogP contribution is 2.29. The molecule has 1 heterocycles. The van der Waals surface area contributed by atoms with Crippen LogP contribution in [0.5, 0.6) is 0 Å². The highest BCUT2D eigenvalue weighted by molar-refractivity contribution is 7.89. The number of anilines is 1. The van der Waals surface area contributed by atoms with Crippen LogP contribution in [0.25, 0.3) is 11.5 Å². The number of benzene rings is 2. The third kappa shape index (κ3) is 4.25. The van der Waals surface area contributed by atoms with Gasteiger partial charge in [0, 0.05) is 25.7 Å². The predicted molar refractivity (Wildman–Crippen MR) is 106 cm³/mol. The normalized spacial score (nSPS) is 11.6. The molecule has 3 aromatic rings. The van der Waals surface area contributed by atoms with Crippen molar-refractivity contribution in [2.75, 3.05) is 19.4 Å². The molecule has 0 spiro atoms. The van der Waals surface area contributed by atoms with E-state index in [0.717, 1.165) is 21.5 Å². The lowest BCUT2D eigenvalue weighted by molar-refractivity contribution is -0.384. The quantitative estimate of drug-likeness (QED) is 0.458. The first-order valence-electron chi connectivity index (χ1n) is 8.54. The average Bonchev–Trinajstić information content (AvgIpc) is 3.16. The number of hydrogen-bond donors (Lipinski definition) is 1. The van der Waals surface area contributed by atoms with Crippen LogP contribution in [0.15, 0.2) is 51.8 Å². The zero-order valence-electron chi connectivity index (χ0n) is 16.0. The summed E-state index contributed by atoms with van der Waals surface area (Å²) in [5.41, 5.74) is 1.69. The standard InChI is InChI=1S/C18H19N5O5S/c1-12-4-6-13(7-5-12)18-21-20-17(28-18)11-22(3)29(26,27)14-8-9-15(19-2)16(10-14)23(24)25/h4-10,19H,11H2,1-3H3. The molecule has 0 unspecified atom stereocenters. The van der Waals surface area contributed by atoms with E-state index in [0.29, 0.717) is 0 Å². The van der Waals surface area contributed by atoms with Gasteiger partial charge >= 0.3 is 0 Å². The number of hydrogen-bond acceptors (Lipinski definition) is 8. The lowest BCUT2D eigenvalue weighted by Crippen LogP contribution is -2.26. The lowest BCUT2D eigenvalue weighted by atomic mass is 10.1. The van der Waals surface area contributed by atoms with Gasteiger partial charge < -0.3 is 9.73 Å². The minimum atomic E-state index is -4.01. The van der Waals surface area contributed by atoms with Gasteiger partial charge in [-0.3, -0.25) is 10.1 Å². The fraction of sp³-hybridized carbons (Fsp3) is 0.222. The second kappa shape index (κ2) is 7.97. The molecule has 152 valence electrons. The van der Waals surface area contributed by atoms with Gasteiger partial charge in [0.05, 0.1) is 16.4 Å². The molecule has 10 nitrogen and oxygen atoms in total. The molecule has 0 saturated heterocycles. The number of sulfonamides is 1. The summed E-state index contributed by atoms with van der Waals surface area (Å²) in [6.45, 7) is 1.78. The third-order valence-corrected chi connectivity index (χ3v) is 6.07. The predicted octanol–water partition coefficient (Wildman–Crippen LogP) is 2.82. The maximum atomic E-state index is 12.8. The van der Waals surface area contributed by atoms with Crippen molar-refractivity contribution in [2.45, 2.75) is 18.4 Å². The van der Waals surface area contributed by atoms with Crippen LogP contribution in [0.3, 0.4) is 0 Å². The van der Waals surface area contributed by atoms with E-state index < -0.39 is 14.9 Å². The number of aryl methyl sites for hydroxylation is 1. The van der Waals surface area contributed by atoms with Crippen molar-refractivity contribution >= 4 is 21.4 Å². The minimum absolute atomic E-state index is 0.105. The molecule has 1 aromatic heterocycles. The summed E-state index contributed by atoms with van der Waals surface area (Å²) >= 11 is 0. The number of nitro benzene ring substituents is 1. The van der Waals surface area contributed by atoms with Crippen LogP contribution >= 0.6 is 0 Å². The number of nitro groups is 1. The van der Waals surface area contributed by atoms with Gasteiger partial charge in [0.15, 0.2) is 0 Å². The molecular weight excluding hydrogens is 398 g/mol. The topological polar surface area (TPSA) is 131 Å². The van der Waals surface area contributed by atoms with Gasteiger partial charge in [-0.15, -0.1) is 10.2 Å². The maximum absolute atomic E-state index is 12.8. The molecule has 0 saturated carbocycles. The highest BCUT2D eigenvalue weighted by Gasteiger charge is 2.26. The van der Waals surface area contributed by atoms with Crippen LogP contribution in [0, 0.1) is 17.0 Å². The number of nitrogens with one attached hydrogen (secondary N) is 1. The molecule has 11 heteroatoms. The van der Waals surface area contributed by atoms with Crippen LogP contribution < -0.4 is 5.32 Å². The monoisotopic (exact) mass is 417 g/mol. The van der Waals surface area contributed by atoms with Crippen LogP contribution in [0.1, 0.15) is 11.5 Å². The van der Waals surface area contributed by atoms with Crippen molar-refractivity contribution in [3.05, 3.63) is 64.0 Å². The summed E-state index contributed by atoms with van der Waals surface area (Å²) < 4.78 is 32.2. The number of nitrogens with zero attached hydrogens (tertiary/aromatic N) is 4. The van der Waals surface area contributed by atoms with Crippen molar-refractivity contribution in [2.24, 2.45) is 0 Å². The lowest BCUT2D eigenvalue weighted by Gasteiger charge is -2.15. The van der Waals surface area contributed by atoms with E-state index in [9.17, 15) is 18.5 Å². The first kappa shape index (κ1) is 20.4. The second-order valence-electron chi connectivity index (χ2n) is 6.31. The zero-order chi connectivity index (χ0) is 21.2. The van der Waals surface area contributed by atoms with Crippen molar-refractivity contribution in [3.8, 4) is 11.5 Å². The Bertz CT molecular complexity index is 1140. The van der Waals surface area contributed by atoms with Crippen LogP contribution in [0.2, 0.25) is 0 Å². The highest BCUT2D eigenvalue weighted by atomic mass is 32.2. The van der Waals surface area contributed by atoms with Crippen LogP contribution in [-0.2, 0) is 16.6 Å². The molecule has 0 aliphatic carbocycles. The van der Waals surface area contributed by atoms with E-state index in [2.05, 4.69) is 15.5 Å². The van der Waals surface area contributed by atoms with E-state index >= 15 is 0 Å². The van der Waals surface area contributed by atoms with E-state index in [1.165, 1.54) is 26.2 Å². The van der Waals surface area contributed by atoms with Crippen molar-refractivity contribution in [1.29, 1.82) is 0 Å². The SMILES string of the molecule is CNc1ccc(S(=O)(=O)N(C)Cc2nnc(-c3ccc(C)cc3)o2)cc1[N+](=O)[O-]. The fourth-order valence-electron chi connectivity index (χ4n) is 2.62. The van der Waals surface area contributed by atoms with E-state index in [1.54, 1.807) is 0 Å². The van der Waals surface area contributed by atoms with E-state index in [4.69, 9.17) is 4.42 Å². The fourth-order valence-corrected chi connectivity index (χ4v) is 3.76. The second-order valence-corrected chi connectivity index (χ2v) is 8.36. The molecule has 3 rings (SSSR count). The molecule has 0 bridgehead atoms. The Morgan fingerprint density at radius 1 is 1.17 bits per heavy atom. The summed E-state index contributed by atoms with van der Waals surface area (Å²) in [6, 6.07) is 11.1. The maximum Gasteiger partial charge on any atom is 0.293 e. The Morgan fingerprint density at radius 3 is 2.48 bits per heavy atom. The third-order valence-electron chi connectivity index (χ3n) is 4.27. The van der Waals surface area contributed by atoms with Gasteiger partial charge in [-0.1, -0.05) is 17.7 Å². The average molecular weight is 417 g/mol. The Kier molecular flexibility index (Phi) is 5.62. The van der Waals surface area contributed by atoms with Crippen molar-refractivity contribution < 1.29 is 17.8 Å². The smallest absolute Gasteiger partial charge is 0.293 e. The largest absolute Gasteiger partial charge is 0.419 e. The molecule has 2 aromatic carbocycles. The van der Waals surface area contributed by atoms with E-state index in [1.807, 2.05) is 31.2 Å². The van der Waals surface area contributed by atoms with Gasteiger partial charge in [-0.25, -0.2) is 8.42 Å². The summed E-state index contributed by atoms with van der Waals surface area (Å²) in [5, 5.41) is 21.7. The van der Waals surface area contributed by atoms with Crippen LogP contribution in [0.4, 0.5) is 11.4 Å². The van der Waals surface area contributed by atoms with Gasteiger partial charge in [0.2, 0.25) is 21.8 Å². The van der Waals surface area contributed by atoms with Gasteiger partial charge in [-0.05, 0) is 31.2 Å². The Morgan fingerprint density at radius 2 is 1.86 bits per heavy atom. The molecule has 29 heavy (non-hydrogen) atoms.